The van der Waals surface area contributed by atoms with E-state index in [0.717, 1.165) is 6.07 Å². The Bertz CT molecular complexity index is 549. The van der Waals surface area contributed by atoms with Crippen LogP contribution in [0.15, 0.2) is 12.1 Å². The lowest BCUT2D eigenvalue weighted by atomic mass is 10.1. The molecule has 3 nitrogen and oxygen atoms in total. The third-order valence-corrected chi connectivity index (χ3v) is 2.70. The SMILES string of the molecule is COC(C)(C)Cc1nc2c(F)cc(F)cc2[nH]1. The number of benzene rings is 1. The Hall–Kier alpha value is -1.49. The Labute approximate surface area is 97.8 Å². The molecule has 0 saturated heterocycles. The van der Waals surface area contributed by atoms with E-state index in [1.54, 1.807) is 7.11 Å². The quantitative estimate of drug-likeness (QED) is 0.895. The van der Waals surface area contributed by atoms with Gasteiger partial charge in [-0.25, -0.2) is 13.8 Å². The normalized spacial score (nSPS) is 12.3. The van der Waals surface area contributed by atoms with Gasteiger partial charge >= 0.3 is 0 Å². The average Bonchev–Trinajstić information content (AvgIpc) is 2.59. The predicted octanol–water partition coefficient (Wildman–Crippen LogP) is 2.81. The fraction of sp³-hybridized carbons (Fsp3) is 0.417. The summed E-state index contributed by atoms with van der Waals surface area (Å²) in [4.78, 5) is 7.01. The highest BCUT2D eigenvalue weighted by molar-refractivity contribution is 5.75. The number of halogens is 2. The summed E-state index contributed by atoms with van der Waals surface area (Å²) in [5.74, 6) is -0.690. The number of hydrogen-bond donors (Lipinski definition) is 1. The van der Waals surface area contributed by atoms with Crippen molar-refractivity contribution in [3.05, 3.63) is 29.6 Å². The number of methoxy groups -OCH3 is 1. The van der Waals surface area contributed by atoms with E-state index in [0.29, 0.717) is 17.8 Å². The van der Waals surface area contributed by atoms with E-state index in [4.69, 9.17) is 4.74 Å². The van der Waals surface area contributed by atoms with Gasteiger partial charge in [0.25, 0.3) is 0 Å². The average molecular weight is 240 g/mol. The van der Waals surface area contributed by atoms with Crippen molar-refractivity contribution in [1.82, 2.24) is 9.97 Å². The van der Waals surface area contributed by atoms with Crippen LogP contribution in [0, 0.1) is 11.6 Å². The number of hydrogen-bond acceptors (Lipinski definition) is 2. The summed E-state index contributed by atoms with van der Waals surface area (Å²) in [5.41, 5.74) is 0.126. The van der Waals surface area contributed by atoms with E-state index >= 15 is 0 Å². The number of imidazole rings is 1. The fourth-order valence-electron chi connectivity index (χ4n) is 1.65. The van der Waals surface area contributed by atoms with Gasteiger partial charge in [-0.15, -0.1) is 0 Å². The molecule has 0 unspecified atom stereocenters. The van der Waals surface area contributed by atoms with Gasteiger partial charge in [-0.1, -0.05) is 0 Å². The van der Waals surface area contributed by atoms with E-state index in [2.05, 4.69) is 9.97 Å². The molecule has 1 aromatic carbocycles. The molecule has 1 N–H and O–H groups in total. The van der Waals surface area contributed by atoms with E-state index < -0.39 is 17.2 Å². The summed E-state index contributed by atoms with van der Waals surface area (Å²) in [6.45, 7) is 3.80. The van der Waals surface area contributed by atoms with Gasteiger partial charge in [-0.3, -0.25) is 0 Å². The summed E-state index contributed by atoms with van der Waals surface area (Å²) in [7, 11) is 1.60. The van der Waals surface area contributed by atoms with Crippen molar-refractivity contribution in [3.8, 4) is 0 Å². The van der Waals surface area contributed by atoms with Crippen molar-refractivity contribution in [2.75, 3.05) is 7.11 Å². The lowest BCUT2D eigenvalue weighted by Gasteiger charge is -2.21. The van der Waals surface area contributed by atoms with Crippen LogP contribution in [0.4, 0.5) is 8.78 Å². The van der Waals surface area contributed by atoms with Crippen LogP contribution in [0.3, 0.4) is 0 Å². The van der Waals surface area contributed by atoms with Crippen molar-refractivity contribution in [3.63, 3.8) is 0 Å². The molecule has 0 atom stereocenters. The largest absolute Gasteiger partial charge is 0.378 e. The third kappa shape index (κ3) is 2.44. The van der Waals surface area contributed by atoms with Crippen molar-refractivity contribution in [1.29, 1.82) is 0 Å². The zero-order chi connectivity index (χ0) is 12.6. The zero-order valence-corrected chi connectivity index (χ0v) is 9.97. The Morgan fingerprint density at radius 2 is 2.06 bits per heavy atom. The number of aromatic amines is 1. The summed E-state index contributed by atoms with van der Waals surface area (Å²) in [6.07, 6.45) is 0.499. The van der Waals surface area contributed by atoms with Gasteiger partial charge in [0.15, 0.2) is 5.82 Å². The second-order valence-corrected chi connectivity index (χ2v) is 4.61. The molecule has 2 aromatic rings. The molecule has 0 aliphatic heterocycles. The molecule has 0 aliphatic rings. The monoisotopic (exact) mass is 240 g/mol. The van der Waals surface area contributed by atoms with Crippen molar-refractivity contribution >= 4 is 11.0 Å². The molecule has 0 spiro atoms. The van der Waals surface area contributed by atoms with Gasteiger partial charge in [0.1, 0.15) is 17.2 Å². The smallest absolute Gasteiger partial charge is 0.153 e. The van der Waals surface area contributed by atoms with Crippen LogP contribution in [-0.2, 0) is 11.2 Å². The summed E-state index contributed by atoms with van der Waals surface area (Å²) in [6, 6.07) is 2.06. The van der Waals surface area contributed by atoms with Crippen LogP contribution >= 0.6 is 0 Å². The summed E-state index contributed by atoms with van der Waals surface area (Å²) in [5, 5.41) is 0. The van der Waals surface area contributed by atoms with Crippen LogP contribution in [-0.4, -0.2) is 22.7 Å². The first-order valence-corrected chi connectivity index (χ1v) is 5.30. The number of ether oxygens (including phenoxy) is 1. The molecular formula is C12H14F2N2O. The standard InChI is InChI=1S/C12H14F2N2O/c1-12(2,17-3)6-10-15-9-5-7(13)4-8(14)11(9)16-10/h4-5H,6H2,1-3H3,(H,15,16). The van der Waals surface area contributed by atoms with Gasteiger partial charge in [0.05, 0.1) is 11.1 Å². The number of nitrogens with zero attached hydrogens (tertiary/aromatic N) is 1. The molecule has 0 amide bonds. The zero-order valence-electron chi connectivity index (χ0n) is 9.97. The lowest BCUT2D eigenvalue weighted by Crippen LogP contribution is -2.26. The van der Waals surface area contributed by atoms with Crippen LogP contribution in [0.25, 0.3) is 11.0 Å². The molecule has 92 valence electrons. The van der Waals surface area contributed by atoms with Crippen molar-refractivity contribution in [2.45, 2.75) is 25.9 Å². The van der Waals surface area contributed by atoms with Crippen molar-refractivity contribution in [2.24, 2.45) is 0 Å². The minimum absolute atomic E-state index is 0.160. The van der Waals surface area contributed by atoms with Crippen LogP contribution in [0.5, 0.6) is 0 Å². The first kappa shape index (κ1) is 12.0. The van der Waals surface area contributed by atoms with Crippen LogP contribution in [0.2, 0.25) is 0 Å². The summed E-state index contributed by atoms with van der Waals surface area (Å²) < 4.78 is 31.7. The molecule has 0 radical (unpaired) electrons. The highest BCUT2D eigenvalue weighted by atomic mass is 19.1. The lowest BCUT2D eigenvalue weighted by molar-refractivity contribution is 0.0218. The predicted molar refractivity (Wildman–Crippen MR) is 60.8 cm³/mol. The Morgan fingerprint density at radius 3 is 2.71 bits per heavy atom. The molecule has 1 aromatic heterocycles. The first-order valence-electron chi connectivity index (χ1n) is 5.30. The maximum Gasteiger partial charge on any atom is 0.153 e. The number of rotatable bonds is 3. The Balaban J connectivity index is 2.42. The van der Waals surface area contributed by atoms with Gasteiger partial charge in [-0.05, 0) is 19.9 Å². The van der Waals surface area contributed by atoms with E-state index in [9.17, 15) is 8.78 Å². The highest BCUT2D eigenvalue weighted by Crippen LogP contribution is 2.20. The number of H-pyrrole nitrogens is 1. The van der Waals surface area contributed by atoms with Gasteiger partial charge in [-0.2, -0.15) is 0 Å². The van der Waals surface area contributed by atoms with Crippen molar-refractivity contribution < 1.29 is 13.5 Å². The van der Waals surface area contributed by atoms with E-state index in [-0.39, 0.29) is 5.52 Å². The number of fused-ring (bicyclic) bond motifs is 1. The van der Waals surface area contributed by atoms with Crippen LogP contribution < -0.4 is 0 Å². The molecule has 17 heavy (non-hydrogen) atoms. The number of nitrogens with one attached hydrogen (secondary N) is 1. The molecular weight excluding hydrogens is 226 g/mol. The third-order valence-electron chi connectivity index (χ3n) is 2.70. The molecule has 0 aliphatic carbocycles. The number of aromatic nitrogens is 2. The van der Waals surface area contributed by atoms with E-state index in [1.165, 1.54) is 6.07 Å². The molecule has 0 saturated carbocycles. The topological polar surface area (TPSA) is 37.9 Å². The minimum atomic E-state index is -0.655. The second kappa shape index (κ2) is 4.07. The molecule has 5 heteroatoms. The molecule has 0 bridgehead atoms. The Morgan fingerprint density at radius 1 is 1.35 bits per heavy atom. The Kier molecular flexibility index (Phi) is 2.87. The van der Waals surface area contributed by atoms with E-state index in [1.807, 2.05) is 13.8 Å². The maximum absolute atomic E-state index is 13.4. The summed E-state index contributed by atoms with van der Waals surface area (Å²) >= 11 is 0. The molecule has 0 fully saturated rings. The maximum atomic E-state index is 13.4. The molecule has 2 rings (SSSR count). The van der Waals surface area contributed by atoms with Gasteiger partial charge < -0.3 is 9.72 Å². The molecule has 1 heterocycles. The van der Waals surface area contributed by atoms with Crippen LogP contribution in [0.1, 0.15) is 19.7 Å². The second-order valence-electron chi connectivity index (χ2n) is 4.61. The minimum Gasteiger partial charge on any atom is -0.378 e. The highest BCUT2D eigenvalue weighted by Gasteiger charge is 2.20. The first-order chi connectivity index (χ1) is 7.91. The fourth-order valence-corrected chi connectivity index (χ4v) is 1.65. The van der Waals surface area contributed by atoms with Gasteiger partial charge in [0, 0.05) is 19.6 Å². The van der Waals surface area contributed by atoms with Gasteiger partial charge in [0.2, 0.25) is 0 Å².